The summed E-state index contributed by atoms with van der Waals surface area (Å²) in [4.78, 5) is 20.7. The van der Waals surface area contributed by atoms with Gasteiger partial charge < -0.3 is 14.5 Å². The van der Waals surface area contributed by atoms with Crippen molar-refractivity contribution >= 4 is 20.1 Å². The van der Waals surface area contributed by atoms with E-state index in [0.717, 1.165) is 16.7 Å². The number of hydrogen-bond donors (Lipinski definition) is 2. The monoisotopic (exact) mass is 426 g/mol. The lowest BCUT2D eigenvalue weighted by atomic mass is 9.78. The molecule has 29 heavy (non-hydrogen) atoms. The van der Waals surface area contributed by atoms with Gasteiger partial charge in [0.05, 0.1) is 0 Å². The SMILES string of the molecule is C/C(=C\c1cc(C(C)(C)C)c(O)c(C(C)(C)C)c1)C(=O)CO[PH](=O)O.CCCC. The molecule has 0 amide bonds. The predicted octanol–water partition coefficient (Wildman–Crippen LogP) is 6.16. The molecule has 0 fully saturated rings. The highest BCUT2D eigenvalue weighted by Crippen LogP contribution is 2.40. The quantitative estimate of drug-likeness (QED) is 0.420. The number of unbranched alkanes of at least 4 members (excludes halogenated alkanes) is 1. The van der Waals surface area contributed by atoms with Gasteiger partial charge in [0.15, 0.2) is 5.78 Å². The fourth-order valence-electron chi connectivity index (χ4n) is 2.46. The van der Waals surface area contributed by atoms with Crippen LogP contribution >= 0.6 is 8.25 Å². The molecule has 0 saturated carbocycles. The van der Waals surface area contributed by atoms with Gasteiger partial charge in [0, 0.05) is 11.1 Å². The molecule has 1 aromatic rings. The minimum Gasteiger partial charge on any atom is -0.507 e. The Balaban J connectivity index is 0.00000178. The van der Waals surface area contributed by atoms with E-state index in [-0.39, 0.29) is 22.4 Å². The molecule has 1 rings (SSSR count). The second-order valence-electron chi connectivity index (χ2n) is 9.27. The largest absolute Gasteiger partial charge is 0.507 e. The number of carbonyl (C=O) groups excluding carboxylic acids is 1. The minimum absolute atomic E-state index is 0.258. The van der Waals surface area contributed by atoms with Crippen LogP contribution in [0.25, 0.3) is 6.08 Å². The van der Waals surface area contributed by atoms with E-state index in [1.165, 1.54) is 12.8 Å². The van der Waals surface area contributed by atoms with Crippen LogP contribution in [-0.2, 0) is 24.7 Å². The van der Waals surface area contributed by atoms with Crippen molar-refractivity contribution in [3.8, 4) is 5.75 Å². The van der Waals surface area contributed by atoms with Crippen molar-refractivity contribution in [1.82, 2.24) is 0 Å². The number of rotatable bonds is 6. The van der Waals surface area contributed by atoms with Crippen LogP contribution in [0.2, 0.25) is 0 Å². The van der Waals surface area contributed by atoms with Crippen LogP contribution in [0, 0.1) is 0 Å². The molecule has 2 N–H and O–H groups in total. The van der Waals surface area contributed by atoms with E-state index in [2.05, 4.69) is 18.4 Å². The van der Waals surface area contributed by atoms with Gasteiger partial charge in [0.2, 0.25) is 0 Å². The summed E-state index contributed by atoms with van der Waals surface area (Å²) >= 11 is 0. The zero-order chi connectivity index (χ0) is 23.0. The lowest BCUT2D eigenvalue weighted by Crippen LogP contribution is -2.17. The molecule has 0 aliphatic carbocycles. The van der Waals surface area contributed by atoms with E-state index in [0.29, 0.717) is 5.57 Å². The lowest BCUT2D eigenvalue weighted by Gasteiger charge is -2.28. The number of benzene rings is 1. The third-order valence-electron chi connectivity index (χ3n) is 4.40. The van der Waals surface area contributed by atoms with Crippen LogP contribution in [0.1, 0.15) is 91.8 Å². The highest BCUT2D eigenvalue weighted by atomic mass is 31.1. The number of ketones is 1. The van der Waals surface area contributed by atoms with Gasteiger partial charge in [-0.05, 0) is 47.1 Å². The maximum atomic E-state index is 12.0. The second-order valence-corrected chi connectivity index (χ2v) is 10.1. The Morgan fingerprint density at radius 2 is 1.45 bits per heavy atom. The Morgan fingerprint density at radius 3 is 1.76 bits per heavy atom. The molecule has 0 saturated heterocycles. The van der Waals surface area contributed by atoms with Gasteiger partial charge in [-0.25, -0.2) is 0 Å². The first-order chi connectivity index (χ1) is 13.1. The molecular formula is C23H39O5P. The van der Waals surface area contributed by atoms with Gasteiger partial charge in [-0.15, -0.1) is 0 Å². The summed E-state index contributed by atoms with van der Waals surface area (Å²) in [5, 5.41) is 10.7. The Kier molecular flexibility index (Phi) is 11.1. The smallest absolute Gasteiger partial charge is 0.317 e. The van der Waals surface area contributed by atoms with Crippen LogP contribution in [0.15, 0.2) is 17.7 Å². The average Bonchev–Trinajstić information content (AvgIpc) is 2.59. The summed E-state index contributed by atoms with van der Waals surface area (Å²) in [5.41, 5.74) is 2.33. The molecule has 5 nitrogen and oxygen atoms in total. The Morgan fingerprint density at radius 1 is 1.03 bits per heavy atom. The molecule has 6 heteroatoms. The first-order valence-electron chi connectivity index (χ1n) is 10.1. The van der Waals surface area contributed by atoms with Gasteiger partial charge in [-0.1, -0.05) is 68.2 Å². The standard InChI is InChI=1S/C19H29O5P.C4H10/c1-12(16(20)11-24-25(22)23)8-13-9-14(18(2,3)4)17(21)15(10-13)19(5,6)7;1-3-4-2/h8-10,21,25H,11H2,1-7H3,(H,22,23);3-4H2,1-2H3/b12-8+;. The van der Waals surface area contributed by atoms with E-state index in [1.54, 1.807) is 13.0 Å². The van der Waals surface area contributed by atoms with Gasteiger partial charge >= 0.3 is 8.25 Å². The number of Topliss-reactive ketones (excluding diaryl/α,β-unsaturated/α-hetero) is 1. The van der Waals surface area contributed by atoms with Gasteiger partial charge in [0.1, 0.15) is 12.4 Å². The van der Waals surface area contributed by atoms with Crippen LogP contribution < -0.4 is 0 Å². The number of hydrogen-bond acceptors (Lipinski definition) is 4. The summed E-state index contributed by atoms with van der Waals surface area (Å²) in [7, 11) is -3.12. The van der Waals surface area contributed by atoms with Crippen molar-refractivity contribution in [3.63, 3.8) is 0 Å². The van der Waals surface area contributed by atoms with E-state index in [4.69, 9.17) is 4.89 Å². The zero-order valence-electron chi connectivity index (χ0n) is 19.5. The summed E-state index contributed by atoms with van der Waals surface area (Å²) in [5.74, 6) is -0.0709. The normalized spacial score (nSPS) is 13.5. The Hall–Kier alpha value is -1.42. The van der Waals surface area contributed by atoms with Crippen LogP contribution in [0.4, 0.5) is 0 Å². The van der Waals surface area contributed by atoms with Crippen LogP contribution in [-0.4, -0.2) is 22.4 Å². The molecule has 1 unspecified atom stereocenters. The first-order valence-corrected chi connectivity index (χ1v) is 11.4. The third kappa shape index (κ3) is 9.75. The fraction of sp³-hybridized carbons (Fsp3) is 0.609. The van der Waals surface area contributed by atoms with Crippen LogP contribution in [0.3, 0.4) is 0 Å². The van der Waals surface area contributed by atoms with E-state index in [9.17, 15) is 14.5 Å². The molecule has 1 atom stereocenters. The topological polar surface area (TPSA) is 83.8 Å². The summed E-state index contributed by atoms with van der Waals surface area (Å²) in [6.45, 7) is 17.7. The highest BCUT2D eigenvalue weighted by Gasteiger charge is 2.26. The van der Waals surface area contributed by atoms with Crippen molar-refractivity contribution in [3.05, 3.63) is 34.4 Å². The molecule has 0 aliphatic rings. The Labute approximate surface area is 177 Å². The molecule has 1 aromatic carbocycles. The molecule has 0 bridgehead atoms. The molecule has 0 aliphatic heterocycles. The predicted molar refractivity (Wildman–Crippen MR) is 122 cm³/mol. The summed E-state index contributed by atoms with van der Waals surface area (Å²) < 4.78 is 15.1. The number of aromatic hydroxyl groups is 1. The molecular weight excluding hydrogens is 387 g/mol. The maximum absolute atomic E-state index is 12.0. The molecule has 0 aromatic heterocycles. The highest BCUT2D eigenvalue weighted by molar-refractivity contribution is 7.32. The zero-order valence-corrected chi connectivity index (χ0v) is 20.5. The second kappa shape index (κ2) is 11.7. The first kappa shape index (κ1) is 27.6. The molecule has 166 valence electrons. The van der Waals surface area contributed by atoms with E-state index in [1.807, 2.05) is 53.7 Å². The Bertz CT molecular complexity index is 700. The molecule has 0 radical (unpaired) electrons. The lowest BCUT2D eigenvalue weighted by molar-refractivity contribution is -0.117. The third-order valence-corrected chi connectivity index (χ3v) is 4.79. The number of carbonyl (C=O) groups is 1. The van der Waals surface area contributed by atoms with Crippen molar-refractivity contribution in [2.75, 3.05) is 6.61 Å². The molecule has 0 heterocycles. The van der Waals surface area contributed by atoms with E-state index < -0.39 is 14.9 Å². The minimum atomic E-state index is -3.12. The van der Waals surface area contributed by atoms with Crippen molar-refractivity contribution < 1.29 is 23.9 Å². The van der Waals surface area contributed by atoms with Crippen molar-refractivity contribution in [2.45, 2.75) is 86.0 Å². The number of phenols is 1. The fourth-order valence-corrected chi connectivity index (χ4v) is 2.71. The number of phenolic OH excluding ortho intramolecular Hbond substituents is 1. The van der Waals surface area contributed by atoms with Gasteiger partial charge in [-0.2, -0.15) is 0 Å². The van der Waals surface area contributed by atoms with Gasteiger partial charge in [-0.3, -0.25) is 9.36 Å². The van der Waals surface area contributed by atoms with Crippen molar-refractivity contribution in [1.29, 1.82) is 0 Å². The van der Waals surface area contributed by atoms with Crippen molar-refractivity contribution in [2.24, 2.45) is 0 Å². The molecule has 0 spiro atoms. The van der Waals surface area contributed by atoms with E-state index >= 15 is 0 Å². The van der Waals surface area contributed by atoms with Gasteiger partial charge in [0.25, 0.3) is 0 Å². The summed E-state index contributed by atoms with van der Waals surface area (Å²) in [6.07, 6.45) is 4.35. The summed E-state index contributed by atoms with van der Waals surface area (Å²) in [6, 6.07) is 3.74. The van der Waals surface area contributed by atoms with Crippen LogP contribution in [0.5, 0.6) is 5.75 Å². The average molecular weight is 427 g/mol. The maximum Gasteiger partial charge on any atom is 0.317 e.